The van der Waals surface area contributed by atoms with Crippen LogP contribution in [-0.4, -0.2) is 47.0 Å². The van der Waals surface area contributed by atoms with Crippen LogP contribution in [0.15, 0.2) is 6.07 Å². The third kappa shape index (κ3) is 3.26. The Morgan fingerprint density at radius 2 is 1.71 bits per heavy atom. The maximum absolute atomic E-state index is 12.2. The van der Waals surface area contributed by atoms with Crippen LogP contribution in [0.5, 0.6) is 0 Å². The average Bonchev–Trinajstić information content (AvgIpc) is 3.45. The van der Waals surface area contributed by atoms with Gasteiger partial charge in [-0.1, -0.05) is 20.8 Å². The van der Waals surface area contributed by atoms with Gasteiger partial charge in [-0.05, 0) is 25.7 Å². The summed E-state index contributed by atoms with van der Waals surface area (Å²) < 4.78 is 0. The molecule has 2 aliphatic carbocycles. The number of rotatable bonds is 3. The van der Waals surface area contributed by atoms with Crippen molar-refractivity contribution in [3.63, 3.8) is 0 Å². The Morgan fingerprint density at radius 3 is 2.25 bits per heavy atom. The molecule has 1 aliphatic heterocycles. The van der Waals surface area contributed by atoms with Crippen LogP contribution in [0.4, 0.5) is 5.82 Å². The summed E-state index contributed by atoms with van der Waals surface area (Å²) >= 11 is 0. The lowest BCUT2D eigenvalue weighted by molar-refractivity contribution is -0.132. The fraction of sp³-hybridized carbons (Fsp3) is 0.737. The van der Waals surface area contributed by atoms with Gasteiger partial charge in [-0.15, -0.1) is 0 Å². The fourth-order valence-corrected chi connectivity index (χ4v) is 3.27. The van der Waals surface area contributed by atoms with Gasteiger partial charge in [-0.25, -0.2) is 9.97 Å². The second kappa shape index (κ2) is 5.71. The van der Waals surface area contributed by atoms with E-state index >= 15 is 0 Å². The zero-order valence-corrected chi connectivity index (χ0v) is 15.1. The lowest BCUT2D eigenvalue weighted by Gasteiger charge is -2.36. The van der Waals surface area contributed by atoms with E-state index in [1.807, 2.05) is 4.90 Å². The Morgan fingerprint density at radius 1 is 1.04 bits per heavy atom. The highest BCUT2D eigenvalue weighted by molar-refractivity contribution is 5.81. The minimum atomic E-state index is 0.0328. The van der Waals surface area contributed by atoms with Crippen LogP contribution in [0.25, 0.3) is 0 Å². The van der Waals surface area contributed by atoms with Crippen molar-refractivity contribution in [1.29, 1.82) is 0 Å². The minimum Gasteiger partial charge on any atom is -0.353 e. The molecule has 0 bridgehead atoms. The molecule has 1 amide bonds. The van der Waals surface area contributed by atoms with Crippen LogP contribution in [-0.2, 0) is 10.2 Å². The van der Waals surface area contributed by atoms with E-state index < -0.39 is 0 Å². The molecule has 1 aromatic heterocycles. The number of hydrogen-bond acceptors (Lipinski definition) is 4. The Balaban J connectivity index is 1.51. The molecule has 1 aromatic rings. The number of carbonyl (C=O) groups excluding carboxylic acids is 1. The quantitative estimate of drug-likeness (QED) is 0.856. The van der Waals surface area contributed by atoms with Crippen molar-refractivity contribution in [2.45, 2.75) is 57.8 Å². The highest BCUT2D eigenvalue weighted by Crippen LogP contribution is 2.39. The van der Waals surface area contributed by atoms with E-state index in [0.717, 1.165) is 56.4 Å². The molecule has 4 rings (SSSR count). The SMILES string of the molecule is CC(C)(C)c1cc(N2CCN(C(=O)C3CC3)CC2)nc(C2CC2)n1. The summed E-state index contributed by atoms with van der Waals surface area (Å²) in [7, 11) is 0. The van der Waals surface area contributed by atoms with Gasteiger partial charge in [-0.3, -0.25) is 4.79 Å². The maximum atomic E-state index is 12.2. The molecule has 2 saturated carbocycles. The second-order valence-corrected chi connectivity index (χ2v) is 8.58. The molecule has 24 heavy (non-hydrogen) atoms. The fourth-order valence-electron chi connectivity index (χ4n) is 3.27. The monoisotopic (exact) mass is 328 g/mol. The van der Waals surface area contributed by atoms with Gasteiger partial charge < -0.3 is 9.80 Å². The zero-order chi connectivity index (χ0) is 16.9. The van der Waals surface area contributed by atoms with Gasteiger partial charge in [0.05, 0.1) is 5.69 Å². The Labute approximate surface area is 144 Å². The summed E-state index contributed by atoms with van der Waals surface area (Å²) in [6, 6.07) is 2.16. The van der Waals surface area contributed by atoms with Crippen molar-refractivity contribution < 1.29 is 4.79 Å². The van der Waals surface area contributed by atoms with Crippen LogP contribution in [0.1, 0.15) is 63.9 Å². The van der Waals surface area contributed by atoms with Crippen molar-refractivity contribution in [2.75, 3.05) is 31.1 Å². The summed E-state index contributed by atoms with van der Waals surface area (Å²) in [6.45, 7) is 10.0. The predicted octanol–water partition coefficient (Wildman–Crippen LogP) is 2.71. The molecule has 3 fully saturated rings. The minimum absolute atomic E-state index is 0.0328. The molecule has 1 saturated heterocycles. The molecule has 0 radical (unpaired) electrons. The first-order valence-corrected chi connectivity index (χ1v) is 9.35. The van der Waals surface area contributed by atoms with E-state index in [1.54, 1.807) is 0 Å². The van der Waals surface area contributed by atoms with Crippen LogP contribution in [0, 0.1) is 5.92 Å². The van der Waals surface area contributed by atoms with Crippen LogP contribution in [0.3, 0.4) is 0 Å². The molecule has 0 aromatic carbocycles. The topological polar surface area (TPSA) is 49.3 Å². The lowest BCUT2D eigenvalue weighted by atomic mass is 9.91. The highest BCUT2D eigenvalue weighted by atomic mass is 16.2. The van der Waals surface area contributed by atoms with E-state index in [2.05, 4.69) is 31.7 Å². The Kier molecular flexibility index (Phi) is 3.77. The van der Waals surface area contributed by atoms with Gasteiger partial charge in [0.1, 0.15) is 11.6 Å². The molecule has 5 heteroatoms. The molecule has 130 valence electrons. The average molecular weight is 328 g/mol. The van der Waals surface area contributed by atoms with E-state index in [-0.39, 0.29) is 5.41 Å². The molecule has 0 atom stereocenters. The molecule has 3 aliphatic rings. The predicted molar refractivity (Wildman–Crippen MR) is 94.2 cm³/mol. The van der Waals surface area contributed by atoms with Gasteiger partial charge in [0.25, 0.3) is 0 Å². The van der Waals surface area contributed by atoms with Crippen molar-refractivity contribution in [3.05, 3.63) is 17.6 Å². The van der Waals surface area contributed by atoms with E-state index in [0.29, 0.717) is 17.7 Å². The first kappa shape index (κ1) is 15.9. The van der Waals surface area contributed by atoms with Crippen molar-refractivity contribution >= 4 is 11.7 Å². The molecule has 5 nitrogen and oxygen atoms in total. The number of anilines is 1. The van der Waals surface area contributed by atoms with E-state index in [9.17, 15) is 4.79 Å². The number of hydrogen-bond donors (Lipinski definition) is 0. The first-order chi connectivity index (χ1) is 11.4. The Hall–Kier alpha value is -1.65. The summed E-state index contributed by atoms with van der Waals surface area (Å²) in [5, 5.41) is 0. The molecule has 0 unspecified atom stereocenters. The number of piperazine rings is 1. The molecule has 2 heterocycles. The third-order valence-electron chi connectivity index (χ3n) is 5.28. The van der Waals surface area contributed by atoms with Gasteiger partial charge >= 0.3 is 0 Å². The van der Waals surface area contributed by atoms with Gasteiger partial charge in [-0.2, -0.15) is 0 Å². The molecule has 0 spiro atoms. The Bertz CT molecular complexity index is 635. The molecular weight excluding hydrogens is 300 g/mol. The summed E-state index contributed by atoms with van der Waals surface area (Å²) in [6.07, 6.45) is 4.61. The van der Waals surface area contributed by atoms with Gasteiger partial charge in [0.2, 0.25) is 5.91 Å². The van der Waals surface area contributed by atoms with Crippen LogP contribution >= 0.6 is 0 Å². The smallest absolute Gasteiger partial charge is 0.225 e. The van der Waals surface area contributed by atoms with Crippen LogP contribution in [0.2, 0.25) is 0 Å². The first-order valence-electron chi connectivity index (χ1n) is 9.35. The largest absolute Gasteiger partial charge is 0.353 e. The number of amides is 1. The lowest BCUT2D eigenvalue weighted by Crippen LogP contribution is -2.49. The summed E-state index contributed by atoms with van der Waals surface area (Å²) in [5.74, 6) is 3.32. The van der Waals surface area contributed by atoms with Crippen molar-refractivity contribution in [2.24, 2.45) is 5.92 Å². The maximum Gasteiger partial charge on any atom is 0.225 e. The highest BCUT2D eigenvalue weighted by Gasteiger charge is 2.35. The number of carbonyl (C=O) groups is 1. The zero-order valence-electron chi connectivity index (χ0n) is 15.1. The number of nitrogens with zero attached hydrogens (tertiary/aromatic N) is 4. The normalized spacial score (nSPS) is 22.0. The third-order valence-corrected chi connectivity index (χ3v) is 5.28. The summed E-state index contributed by atoms with van der Waals surface area (Å²) in [5.41, 5.74) is 1.16. The van der Waals surface area contributed by atoms with Crippen molar-refractivity contribution in [1.82, 2.24) is 14.9 Å². The summed E-state index contributed by atoms with van der Waals surface area (Å²) in [4.78, 5) is 26.3. The molecule has 0 N–H and O–H groups in total. The molecular formula is C19H28N4O. The second-order valence-electron chi connectivity index (χ2n) is 8.58. The van der Waals surface area contributed by atoms with E-state index in [4.69, 9.17) is 9.97 Å². The van der Waals surface area contributed by atoms with E-state index in [1.165, 1.54) is 12.8 Å². The van der Waals surface area contributed by atoms with Crippen molar-refractivity contribution in [3.8, 4) is 0 Å². The standard InChI is InChI=1S/C19H28N4O/c1-19(2,3)15-12-16(21-17(20-15)13-4-5-13)22-8-10-23(11-9-22)18(24)14-6-7-14/h12-14H,4-11H2,1-3H3. The van der Waals surface area contributed by atoms with Crippen LogP contribution < -0.4 is 4.90 Å². The van der Waals surface area contributed by atoms with Gasteiger partial charge in [0.15, 0.2) is 0 Å². The van der Waals surface area contributed by atoms with Gasteiger partial charge in [0, 0.05) is 49.5 Å². The number of aromatic nitrogens is 2.